The summed E-state index contributed by atoms with van der Waals surface area (Å²) in [6.07, 6.45) is 3.36. The molecule has 0 N–H and O–H groups in total. The van der Waals surface area contributed by atoms with Crippen LogP contribution in [0.1, 0.15) is 40.4 Å². The van der Waals surface area contributed by atoms with Crippen molar-refractivity contribution >= 4 is 15.9 Å². The van der Waals surface area contributed by atoms with Crippen LogP contribution in [0.25, 0.3) is 11.3 Å². The number of pyridine rings is 1. The third-order valence-electron chi connectivity index (χ3n) is 4.31. The maximum atomic E-state index is 12.4. The molecule has 1 heterocycles. The van der Waals surface area contributed by atoms with Crippen LogP contribution in [0.3, 0.4) is 0 Å². The monoisotopic (exact) mass is 344 g/mol. The van der Waals surface area contributed by atoms with Gasteiger partial charge < -0.3 is 0 Å². The minimum Gasteiger partial charge on any atom is -0.268 e. The molecule has 6 heteroatoms. The van der Waals surface area contributed by atoms with Crippen LogP contribution in [0.2, 0.25) is 0 Å². The van der Waals surface area contributed by atoms with Crippen molar-refractivity contribution in [2.45, 2.75) is 25.7 Å². The van der Waals surface area contributed by atoms with Crippen LogP contribution in [0.15, 0.2) is 36.4 Å². The zero-order valence-corrected chi connectivity index (χ0v) is 14.8. The van der Waals surface area contributed by atoms with Crippen LogP contribution >= 0.6 is 0 Å². The summed E-state index contributed by atoms with van der Waals surface area (Å²) in [6, 6.07) is 11.1. The van der Waals surface area contributed by atoms with E-state index in [1.165, 1.54) is 19.9 Å². The number of carbonyl (C=O) groups is 1. The molecule has 1 aliphatic carbocycles. The van der Waals surface area contributed by atoms with Crippen molar-refractivity contribution in [3.05, 3.63) is 53.2 Å². The van der Waals surface area contributed by atoms with Gasteiger partial charge in [-0.2, -0.15) is 0 Å². The zero-order chi connectivity index (χ0) is 17.5. The Morgan fingerprint density at radius 3 is 2.54 bits per heavy atom. The van der Waals surface area contributed by atoms with Crippen LogP contribution < -0.4 is 0 Å². The third kappa shape index (κ3) is 3.33. The minimum atomic E-state index is -3.58. The van der Waals surface area contributed by atoms with Crippen molar-refractivity contribution < 1.29 is 13.2 Å². The molecule has 1 saturated carbocycles. The number of hydrogen-bond donors (Lipinski definition) is 0. The SMILES string of the molecule is Cc1ccc(C(=O)N(C)S(C)(=O)=O)cc1-c1cccc(C2CC2)n1. The first-order valence-corrected chi connectivity index (χ1v) is 9.68. The normalized spacial score (nSPS) is 14.5. The van der Waals surface area contributed by atoms with Gasteiger partial charge in [-0.3, -0.25) is 9.78 Å². The first kappa shape index (κ1) is 16.6. The first-order valence-electron chi connectivity index (χ1n) is 7.83. The van der Waals surface area contributed by atoms with Crippen molar-refractivity contribution in [2.24, 2.45) is 0 Å². The number of aromatic nitrogens is 1. The third-order valence-corrected chi connectivity index (χ3v) is 5.47. The summed E-state index contributed by atoms with van der Waals surface area (Å²) in [5.41, 5.74) is 4.08. The average Bonchev–Trinajstić information content (AvgIpc) is 3.38. The van der Waals surface area contributed by atoms with Gasteiger partial charge in [-0.1, -0.05) is 12.1 Å². The van der Waals surface area contributed by atoms with E-state index in [2.05, 4.69) is 0 Å². The van der Waals surface area contributed by atoms with Gasteiger partial charge in [0.2, 0.25) is 10.0 Å². The lowest BCUT2D eigenvalue weighted by atomic mass is 10.0. The molecule has 1 aromatic carbocycles. The Morgan fingerprint density at radius 1 is 1.21 bits per heavy atom. The molecule has 1 fully saturated rings. The highest BCUT2D eigenvalue weighted by Gasteiger charge is 2.25. The van der Waals surface area contributed by atoms with E-state index in [0.717, 1.165) is 33.1 Å². The highest BCUT2D eigenvalue weighted by molar-refractivity contribution is 7.88. The number of sulfonamides is 1. The van der Waals surface area contributed by atoms with Crippen LogP contribution in [-0.2, 0) is 10.0 Å². The van der Waals surface area contributed by atoms with E-state index in [-0.39, 0.29) is 0 Å². The van der Waals surface area contributed by atoms with E-state index in [1.807, 2.05) is 31.2 Å². The molecule has 126 valence electrons. The standard InChI is InChI=1S/C18H20N2O3S/c1-12-7-8-14(18(21)20(2)24(3,22)23)11-15(12)17-6-4-5-16(19-17)13-9-10-13/h4-8,11,13H,9-10H2,1-3H3. The van der Waals surface area contributed by atoms with Gasteiger partial charge in [0.15, 0.2) is 0 Å². The van der Waals surface area contributed by atoms with Gasteiger partial charge in [0.1, 0.15) is 0 Å². The van der Waals surface area contributed by atoms with Gasteiger partial charge in [0.25, 0.3) is 5.91 Å². The molecule has 1 amide bonds. The fourth-order valence-corrected chi connectivity index (χ4v) is 2.98. The van der Waals surface area contributed by atoms with Crippen molar-refractivity contribution in [3.8, 4) is 11.3 Å². The number of hydrogen-bond acceptors (Lipinski definition) is 4. The summed E-state index contributed by atoms with van der Waals surface area (Å²) in [5.74, 6) is 0.00327. The molecule has 0 aliphatic heterocycles. The number of benzene rings is 1. The molecular formula is C18H20N2O3S. The van der Waals surface area contributed by atoms with Crippen LogP contribution in [0, 0.1) is 6.92 Å². The van der Waals surface area contributed by atoms with Crippen LogP contribution in [0.5, 0.6) is 0 Å². The van der Waals surface area contributed by atoms with E-state index < -0.39 is 15.9 Å². The Hall–Kier alpha value is -2.21. The summed E-state index contributed by atoms with van der Waals surface area (Å²) in [6.45, 7) is 1.95. The summed E-state index contributed by atoms with van der Waals surface area (Å²) in [5, 5.41) is 0. The molecular weight excluding hydrogens is 324 g/mol. The van der Waals surface area contributed by atoms with Crippen molar-refractivity contribution in [1.82, 2.24) is 9.29 Å². The van der Waals surface area contributed by atoms with Crippen molar-refractivity contribution in [2.75, 3.05) is 13.3 Å². The molecule has 1 aromatic heterocycles. The Kier molecular flexibility index (Phi) is 4.17. The molecule has 0 saturated heterocycles. The molecule has 2 aromatic rings. The number of amides is 1. The molecule has 0 atom stereocenters. The summed E-state index contributed by atoms with van der Waals surface area (Å²) < 4.78 is 23.9. The van der Waals surface area contributed by atoms with Gasteiger partial charge in [-0.15, -0.1) is 0 Å². The lowest BCUT2D eigenvalue weighted by Gasteiger charge is -2.16. The van der Waals surface area contributed by atoms with Gasteiger partial charge in [0, 0.05) is 29.8 Å². The predicted molar refractivity (Wildman–Crippen MR) is 93.3 cm³/mol. The number of rotatable bonds is 4. The second kappa shape index (κ2) is 6.02. The smallest absolute Gasteiger partial charge is 0.267 e. The van der Waals surface area contributed by atoms with Crippen molar-refractivity contribution in [1.29, 1.82) is 0 Å². The van der Waals surface area contributed by atoms with E-state index >= 15 is 0 Å². The maximum absolute atomic E-state index is 12.4. The fraction of sp³-hybridized carbons (Fsp3) is 0.333. The molecule has 0 unspecified atom stereocenters. The van der Waals surface area contributed by atoms with Crippen LogP contribution in [-0.4, -0.2) is 36.9 Å². The topological polar surface area (TPSA) is 67.3 Å². The largest absolute Gasteiger partial charge is 0.268 e. The number of nitrogens with zero attached hydrogens (tertiary/aromatic N) is 2. The number of aryl methyl sites for hydroxylation is 1. The molecule has 24 heavy (non-hydrogen) atoms. The molecule has 0 bridgehead atoms. The van der Waals surface area contributed by atoms with E-state index in [0.29, 0.717) is 11.5 Å². The second-order valence-electron chi connectivity index (χ2n) is 6.29. The minimum absolute atomic E-state index is 0.335. The lowest BCUT2D eigenvalue weighted by molar-refractivity contribution is 0.0884. The van der Waals surface area contributed by atoms with Crippen LogP contribution in [0.4, 0.5) is 0 Å². The number of carbonyl (C=O) groups excluding carboxylic acids is 1. The Labute approximate surface area is 142 Å². The molecule has 0 spiro atoms. The summed E-state index contributed by atoms with van der Waals surface area (Å²) >= 11 is 0. The maximum Gasteiger partial charge on any atom is 0.267 e. The van der Waals surface area contributed by atoms with Gasteiger partial charge >= 0.3 is 0 Å². The Bertz CT molecular complexity index is 902. The van der Waals surface area contributed by atoms with E-state index in [4.69, 9.17) is 4.98 Å². The van der Waals surface area contributed by atoms with Crippen molar-refractivity contribution in [3.63, 3.8) is 0 Å². The highest BCUT2D eigenvalue weighted by atomic mass is 32.2. The zero-order valence-electron chi connectivity index (χ0n) is 14.0. The lowest BCUT2D eigenvalue weighted by Crippen LogP contribution is -2.32. The fourth-order valence-electron chi connectivity index (χ4n) is 2.57. The molecule has 3 rings (SSSR count). The van der Waals surface area contributed by atoms with Gasteiger partial charge in [0.05, 0.1) is 11.9 Å². The Morgan fingerprint density at radius 2 is 1.92 bits per heavy atom. The summed E-state index contributed by atoms with van der Waals surface area (Å²) in [4.78, 5) is 17.1. The quantitative estimate of drug-likeness (QED) is 0.855. The van der Waals surface area contributed by atoms with E-state index in [1.54, 1.807) is 12.1 Å². The first-order chi connectivity index (χ1) is 11.3. The average molecular weight is 344 g/mol. The van der Waals surface area contributed by atoms with E-state index in [9.17, 15) is 13.2 Å². The molecule has 5 nitrogen and oxygen atoms in total. The molecule has 1 aliphatic rings. The van der Waals surface area contributed by atoms with Gasteiger partial charge in [-0.25, -0.2) is 12.7 Å². The summed E-state index contributed by atoms with van der Waals surface area (Å²) in [7, 11) is -2.31. The Balaban J connectivity index is 2.00. The molecule has 0 radical (unpaired) electrons. The second-order valence-corrected chi connectivity index (χ2v) is 8.30. The highest BCUT2D eigenvalue weighted by Crippen LogP contribution is 2.39. The predicted octanol–water partition coefficient (Wildman–Crippen LogP) is 2.97. The van der Waals surface area contributed by atoms with Gasteiger partial charge in [-0.05, 0) is 49.6 Å².